The number of benzene rings is 3. The molecule has 2 heterocycles. The van der Waals surface area contributed by atoms with E-state index in [9.17, 15) is 15.0 Å². The van der Waals surface area contributed by atoms with E-state index in [0.717, 1.165) is 52.9 Å². The Bertz CT molecular complexity index is 1330. The normalized spacial score (nSPS) is 24.3. The third kappa shape index (κ3) is 7.27. The van der Waals surface area contributed by atoms with E-state index in [0.29, 0.717) is 13.1 Å². The first-order valence-corrected chi connectivity index (χ1v) is 14.6. The molecule has 0 spiro atoms. The molecule has 3 aromatic rings. The molecular formula is C34H40N2O6. The molecule has 2 saturated heterocycles. The van der Waals surface area contributed by atoms with E-state index in [-0.39, 0.29) is 37.4 Å². The van der Waals surface area contributed by atoms with Crippen LogP contribution in [0.25, 0.3) is 11.1 Å². The average Bonchev–Trinajstić information content (AvgIpc) is 3.44. The smallest absolute Gasteiger partial charge is 0.407 e. The third-order valence-electron chi connectivity index (χ3n) is 8.08. The zero-order valence-corrected chi connectivity index (χ0v) is 24.0. The summed E-state index contributed by atoms with van der Waals surface area (Å²) < 4.78 is 18.2. The van der Waals surface area contributed by atoms with Gasteiger partial charge in [0.15, 0.2) is 6.29 Å². The summed E-state index contributed by atoms with van der Waals surface area (Å²) in [6, 6.07) is 24.0. The van der Waals surface area contributed by atoms with E-state index in [1.807, 2.05) is 72.8 Å². The number of hydrogen-bond acceptors (Lipinski definition) is 7. The molecule has 0 bridgehead atoms. The highest BCUT2D eigenvalue weighted by molar-refractivity contribution is 5.70. The topological polar surface area (TPSA) is 100 Å². The standard InChI is InChI=1S/C34H40N2O6/c1-3-18-40-34(39)35-19-28-6-4-5-7-30(28)25-12-14-27(15-13-25)33-41-31(21-36-17-16-29(38)20-36)23(2)32(42-33)26-10-8-24(22-37)9-11-26/h3-15,23,29,31-33,37-38H,1,16-22H2,2H3,(H,35,39). The van der Waals surface area contributed by atoms with E-state index in [4.69, 9.17) is 14.2 Å². The summed E-state index contributed by atoms with van der Waals surface area (Å²) in [7, 11) is 0. The van der Waals surface area contributed by atoms with Gasteiger partial charge in [0.25, 0.3) is 0 Å². The maximum atomic E-state index is 11.9. The lowest BCUT2D eigenvalue weighted by Crippen LogP contribution is -2.44. The fourth-order valence-corrected chi connectivity index (χ4v) is 5.69. The number of aliphatic hydroxyl groups is 2. The number of alkyl carbamates (subject to hydrolysis) is 1. The molecule has 1 amide bonds. The number of rotatable bonds is 10. The number of likely N-dealkylation sites (tertiary alicyclic amines) is 1. The summed E-state index contributed by atoms with van der Waals surface area (Å²) in [5.41, 5.74) is 5.82. The van der Waals surface area contributed by atoms with Crippen LogP contribution in [0.15, 0.2) is 85.5 Å². The largest absolute Gasteiger partial charge is 0.445 e. The Morgan fingerprint density at radius 1 is 1.07 bits per heavy atom. The predicted octanol–water partition coefficient (Wildman–Crippen LogP) is 5.12. The van der Waals surface area contributed by atoms with Crippen LogP contribution in [0.4, 0.5) is 4.79 Å². The van der Waals surface area contributed by atoms with Gasteiger partial charge in [-0.2, -0.15) is 0 Å². The fourth-order valence-electron chi connectivity index (χ4n) is 5.69. The van der Waals surface area contributed by atoms with Crippen molar-refractivity contribution in [1.29, 1.82) is 0 Å². The minimum absolute atomic E-state index is 0.00204. The summed E-state index contributed by atoms with van der Waals surface area (Å²) in [5.74, 6) is 0.0794. The third-order valence-corrected chi connectivity index (χ3v) is 8.08. The lowest BCUT2D eigenvalue weighted by atomic mass is 9.90. The Morgan fingerprint density at radius 2 is 1.81 bits per heavy atom. The number of nitrogens with zero attached hydrogens (tertiary/aromatic N) is 1. The van der Waals surface area contributed by atoms with Crippen LogP contribution < -0.4 is 5.32 Å². The van der Waals surface area contributed by atoms with E-state index < -0.39 is 12.4 Å². The van der Waals surface area contributed by atoms with Crippen molar-refractivity contribution in [3.63, 3.8) is 0 Å². The first-order valence-electron chi connectivity index (χ1n) is 14.6. The van der Waals surface area contributed by atoms with Crippen LogP contribution in [-0.2, 0) is 27.4 Å². The molecule has 5 atom stereocenters. The number of amides is 1. The maximum Gasteiger partial charge on any atom is 0.407 e. The zero-order valence-electron chi connectivity index (χ0n) is 24.0. The Kier molecular flexibility index (Phi) is 10.0. The molecule has 2 aliphatic rings. The van der Waals surface area contributed by atoms with Crippen molar-refractivity contribution >= 4 is 6.09 Å². The molecule has 0 radical (unpaired) electrons. The van der Waals surface area contributed by atoms with Gasteiger partial charge in [0.05, 0.1) is 24.9 Å². The molecule has 0 saturated carbocycles. The van der Waals surface area contributed by atoms with Gasteiger partial charge in [-0.3, -0.25) is 4.90 Å². The number of nitrogens with one attached hydrogen (secondary N) is 1. The summed E-state index contributed by atoms with van der Waals surface area (Å²) in [4.78, 5) is 14.2. The van der Waals surface area contributed by atoms with Gasteiger partial charge in [-0.1, -0.05) is 92.4 Å². The van der Waals surface area contributed by atoms with Gasteiger partial charge >= 0.3 is 6.09 Å². The van der Waals surface area contributed by atoms with Gasteiger partial charge in [0, 0.05) is 37.7 Å². The van der Waals surface area contributed by atoms with Crippen LogP contribution in [0.1, 0.15) is 48.0 Å². The van der Waals surface area contributed by atoms with Gasteiger partial charge in [0.2, 0.25) is 0 Å². The number of carbonyl (C=O) groups excluding carboxylic acids is 1. The van der Waals surface area contributed by atoms with Crippen molar-refractivity contribution in [3.05, 3.63) is 108 Å². The fraction of sp³-hybridized carbons (Fsp3) is 0.382. The molecule has 2 aliphatic heterocycles. The van der Waals surface area contributed by atoms with Gasteiger partial charge in [-0.25, -0.2) is 4.79 Å². The number of carbonyl (C=O) groups is 1. The van der Waals surface area contributed by atoms with Crippen molar-refractivity contribution in [2.45, 2.75) is 51.1 Å². The highest BCUT2D eigenvalue weighted by atomic mass is 16.7. The van der Waals surface area contributed by atoms with E-state index in [1.165, 1.54) is 6.08 Å². The van der Waals surface area contributed by atoms with Crippen molar-refractivity contribution < 1.29 is 29.2 Å². The Morgan fingerprint density at radius 3 is 2.50 bits per heavy atom. The van der Waals surface area contributed by atoms with Crippen LogP contribution in [0.3, 0.4) is 0 Å². The quantitative estimate of drug-likeness (QED) is 0.290. The molecule has 3 N–H and O–H groups in total. The van der Waals surface area contributed by atoms with Crippen LogP contribution in [0.2, 0.25) is 0 Å². The lowest BCUT2D eigenvalue weighted by molar-refractivity contribution is -0.276. The zero-order chi connectivity index (χ0) is 29.5. The van der Waals surface area contributed by atoms with E-state index >= 15 is 0 Å². The number of β-amino-alcohol motifs (C(OH)–C–C–N with tert-alkyl or cyclic N) is 1. The monoisotopic (exact) mass is 572 g/mol. The van der Waals surface area contributed by atoms with Crippen LogP contribution >= 0.6 is 0 Å². The molecule has 0 aliphatic carbocycles. The van der Waals surface area contributed by atoms with Gasteiger partial charge in [0.1, 0.15) is 6.61 Å². The molecule has 3 aromatic carbocycles. The van der Waals surface area contributed by atoms with Crippen molar-refractivity contribution in [2.75, 3.05) is 26.2 Å². The molecular weight excluding hydrogens is 532 g/mol. The molecule has 222 valence electrons. The molecule has 42 heavy (non-hydrogen) atoms. The summed E-state index contributed by atoms with van der Waals surface area (Å²) in [5, 5.41) is 22.4. The van der Waals surface area contributed by atoms with E-state index in [2.05, 4.69) is 23.7 Å². The first-order chi connectivity index (χ1) is 20.4. The van der Waals surface area contributed by atoms with Gasteiger partial charge in [-0.05, 0) is 34.2 Å². The van der Waals surface area contributed by atoms with Crippen LogP contribution in [0.5, 0.6) is 0 Å². The van der Waals surface area contributed by atoms with Crippen LogP contribution in [0, 0.1) is 5.92 Å². The number of hydrogen-bond donors (Lipinski definition) is 3. The minimum Gasteiger partial charge on any atom is -0.445 e. The Balaban J connectivity index is 1.35. The van der Waals surface area contributed by atoms with E-state index in [1.54, 1.807) is 0 Å². The Hall–Kier alpha value is -3.53. The number of ether oxygens (including phenoxy) is 3. The van der Waals surface area contributed by atoms with Gasteiger partial charge < -0.3 is 29.7 Å². The molecule has 8 heteroatoms. The molecule has 8 nitrogen and oxygen atoms in total. The second-order valence-electron chi connectivity index (χ2n) is 11.0. The van der Waals surface area contributed by atoms with Crippen molar-refractivity contribution in [1.82, 2.24) is 10.2 Å². The summed E-state index contributed by atoms with van der Waals surface area (Å²) in [6.45, 7) is 8.44. The lowest BCUT2D eigenvalue weighted by Gasteiger charge is -2.42. The maximum absolute atomic E-state index is 11.9. The van der Waals surface area contributed by atoms with Crippen LogP contribution in [-0.4, -0.2) is 59.7 Å². The number of aliphatic hydroxyl groups excluding tert-OH is 2. The highest BCUT2D eigenvalue weighted by Crippen LogP contribution is 2.42. The first kappa shape index (κ1) is 29.9. The SMILES string of the molecule is C=CCOC(=O)NCc1ccccc1-c1ccc(C2OC(CN3CCC(O)C3)C(C)C(c3ccc(CO)cc3)O2)cc1. The molecule has 5 rings (SSSR count). The Labute approximate surface area is 247 Å². The van der Waals surface area contributed by atoms with Gasteiger partial charge in [-0.15, -0.1) is 0 Å². The minimum atomic E-state index is -0.563. The average molecular weight is 573 g/mol. The molecule has 5 unspecified atom stereocenters. The predicted molar refractivity (Wildman–Crippen MR) is 160 cm³/mol. The molecule has 2 fully saturated rings. The molecule has 0 aromatic heterocycles. The second kappa shape index (κ2) is 14.1. The highest BCUT2D eigenvalue weighted by Gasteiger charge is 2.39. The summed E-state index contributed by atoms with van der Waals surface area (Å²) in [6.07, 6.45) is 0.683. The summed E-state index contributed by atoms with van der Waals surface area (Å²) >= 11 is 0. The second-order valence-corrected chi connectivity index (χ2v) is 11.0. The van der Waals surface area contributed by atoms with Crippen molar-refractivity contribution in [2.24, 2.45) is 5.92 Å². The van der Waals surface area contributed by atoms with Crippen molar-refractivity contribution in [3.8, 4) is 11.1 Å².